The van der Waals surface area contributed by atoms with Gasteiger partial charge in [-0.05, 0) is 57.3 Å². The standard InChI is InChI=1S/C15H22BClN2O2/c1-10-6-13(17)19-9-11(10)7-12(8-18)16-20-14(2,3)15(4,5)21-16/h6-7,9H,8,18H2,1-5H3. The molecular weight excluding hydrogens is 286 g/mol. The minimum absolute atomic E-state index is 0.360. The third kappa shape index (κ3) is 3.32. The van der Waals surface area contributed by atoms with Crippen LogP contribution in [0, 0.1) is 6.92 Å². The molecule has 6 heteroatoms. The quantitative estimate of drug-likeness (QED) is 0.689. The van der Waals surface area contributed by atoms with Gasteiger partial charge in [-0.25, -0.2) is 4.98 Å². The van der Waals surface area contributed by atoms with Gasteiger partial charge in [0, 0.05) is 12.7 Å². The average Bonchev–Trinajstić information content (AvgIpc) is 2.57. The van der Waals surface area contributed by atoms with E-state index < -0.39 is 7.12 Å². The van der Waals surface area contributed by atoms with E-state index in [1.165, 1.54) is 0 Å². The number of nitrogens with two attached hydrogens (primary N) is 1. The van der Waals surface area contributed by atoms with Crippen LogP contribution in [0.5, 0.6) is 0 Å². The number of nitrogens with zero attached hydrogens (tertiary/aromatic N) is 1. The van der Waals surface area contributed by atoms with E-state index in [2.05, 4.69) is 4.98 Å². The van der Waals surface area contributed by atoms with E-state index in [1.54, 1.807) is 6.20 Å². The molecule has 0 aromatic carbocycles. The molecule has 1 aliphatic rings. The largest absolute Gasteiger partial charge is 0.491 e. The molecule has 2 N–H and O–H groups in total. The fourth-order valence-electron chi connectivity index (χ4n) is 2.10. The maximum absolute atomic E-state index is 6.04. The molecule has 0 amide bonds. The van der Waals surface area contributed by atoms with E-state index in [0.717, 1.165) is 16.6 Å². The van der Waals surface area contributed by atoms with Crippen molar-refractivity contribution in [2.75, 3.05) is 6.54 Å². The first kappa shape index (κ1) is 16.5. The molecule has 114 valence electrons. The Kier molecular flexibility index (Phi) is 4.50. The molecule has 0 saturated carbocycles. The molecule has 0 spiro atoms. The summed E-state index contributed by atoms with van der Waals surface area (Å²) in [6.07, 6.45) is 3.71. The monoisotopic (exact) mass is 308 g/mol. The van der Waals surface area contributed by atoms with E-state index in [4.69, 9.17) is 26.6 Å². The van der Waals surface area contributed by atoms with Gasteiger partial charge < -0.3 is 15.0 Å². The van der Waals surface area contributed by atoms with Gasteiger partial charge in [0.25, 0.3) is 0 Å². The van der Waals surface area contributed by atoms with Crippen molar-refractivity contribution in [2.24, 2.45) is 5.73 Å². The molecule has 0 aliphatic carbocycles. The van der Waals surface area contributed by atoms with Crippen LogP contribution < -0.4 is 5.73 Å². The number of aromatic nitrogens is 1. The topological polar surface area (TPSA) is 57.4 Å². The van der Waals surface area contributed by atoms with Crippen LogP contribution in [0.4, 0.5) is 0 Å². The molecule has 1 fully saturated rings. The second-order valence-corrected chi connectivity index (χ2v) is 6.76. The molecule has 0 radical (unpaired) electrons. The first-order valence-corrected chi connectivity index (χ1v) is 7.42. The molecule has 0 atom stereocenters. The minimum Gasteiger partial charge on any atom is -0.400 e. The molecule has 1 saturated heterocycles. The van der Waals surface area contributed by atoms with E-state index >= 15 is 0 Å². The zero-order valence-electron chi connectivity index (χ0n) is 13.2. The van der Waals surface area contributed by atoms with Crippen molar-refractivity contribution in [1.29, 1.82) is 0 Å². The van der Waals surface area contributed by atoms with Gasteiger partial charge in [-0.1, -0.05) is 17.7 Å². The van der Waals surface area contributed by atoms with Crippen LogP contribution in [0.15, 0.2) is 17.7 Å². The summed E-state index contributed by atoms with van der Waals surface area (Å²) in [5.41, 5.74) is 8.03. The second-order valence-electron chi connectivity index (χ2n) is 6.38. The van der Waals surface area contributed by atoms with E-state index in [0.29, 0.717) is 11.7 Å². The van der Waals surface area contributed by atoms with E-state index in [1.807, 2.05) is 46.8 Å². The van der Waals surface area contributed by atoms with Crippen molar-refractivity contribution in [2.45, 2.75) is 45.8 Å². The predicted molar refractivity (Wildman–Crippen MR) is 87.1 cm³/mol. The fourth-order valence-corrected chi connectivity index (χ4v) is 2.31. The van der Waals surface area contributed by atoms with Crippen molar-refractivity contribution in [3.05, 3.63) is 34.0 Å². The average molecular weight is 309 g/mol. The van der Waals surface area contributed by atoms with Gasteiger partial charge in [-0.3, -0.25) is 0 Å². The molecule has 4 nitrogen and oxygen atoms in total. The Morgan fingerprint density at radius 1 is 1.33 bits per heavy atom. The highest BCUT2D eigenvalue weighted by molar-refractivity contribution is 6.55. The summed E-state index contributed by atoms with van der Waals surface area (Å²) in [6, 6.07) is 1.83. The zero-order chi connectivity index (χ0) is 15.8. The third-order valence-corrected chi connectivity index (χ3v) is 4.46. The Hall–Kier alpha value is -0.875. The van der Waals surface area contributed by atoms with Gasteiger partial charge in [0.2, 0.25) is 0 Å². The number of aryl methyl sites for hydroxylation is 1. The summed E-state index contributed by atoms with van der Waals surface area (Å²) in [4.78, 5) is 4.11. The molecule has 1 aromatic rings. The fraction of sp³-hybridized carbons (Fsp3) is 0.533. The Bertz CT molecular complexity index is 557. The third-order valence-electron chi connectivity index (χ3n) is 4.25. The van der Waals surface area contributed by atoms with E-state index in [9.17, 15) is 0 Å². The Morgan fingerprint density at radius 2 is 1.90 bits per heavy atom. The summed E-state index contributed by atoms with van der Waals surface area (Å²) in [6.45, 7) is 10.4. The summed E-state index contributed by atoms with van der Waals surface area (Å²) >= 11 is 5.88. The maximum Gasteiger partial charge on any atom is 0.491 e. The number of hydrogen-bond acceptors (Lipinski definition) is 4. The van der Waals surface area contributed by atoms with Crippen LogP contribution in [-0.2, 0) is 9.31 Å². The Morgan fingerprint density at radius 3 is 2.38 bits per heavy atom. The van der Waals surface area contributed by atoms with Crippen LogP contribution in [-0.4, -0.2) is 29.8 Å². The highest BCUT2D eigenvalue weighted by Crippen LogP contribution is 2.38. The van der Waals surface area contributed by atoms with Crippen LogP contribution >= 0.6 is 11.6 Å². The normalized spacial score (nSPS) is 20.9. The van der Waals surface area contributed by atoms with Gasteiger partial charge in [0.05, 0.1) is 11.2 Å². The smallest absolute Gasteiger partial charge is 0.400 e. The highest BCUT2D eigenvalue weighted by atomic mass is 35.5. The van der Waals surface area contributed by atoms with Gasteiger partial charge in [0.1, 0.15) is 5.15 Å². The summed E-state index contributed by atoms with van der Waals surface area (Å²) in [5, 5.41) is 0.481. The number of rotatable bonds is 3. The molecule has 0 bridgehead atoms. The number of pyridine rings is 1. The molecule has 21 heavy (non-hydrogen) atoms. The van der Waals surface area contributed by atoms with Crippen LogP contribution in [0.2, 0.25) is 5.15 Å². The van der Waals surface area contributed by atoms with Gasteiger partial charge in [0.15, 0.2) is 0 Å². The predicted octanol–water partition coefficient (Wildman–Crippen LogP) is 3.02. The van der Waals surface area contributed by atoms with Crippen molar-refractivity contribution >= 4 is 24.8 Å². The maximum atomic E-state index is 6.04. The molecule has 2 heterocycles. The zero-order valence-corrected chi connectivity index (χ0v) is 14.0. The minimum atomic E-state index is -0.435. The lowest BCUT2D eigenvalue weighted by atomic mass is 9.77. The van der Waals surface area contributed by atoms with E-state index in [-0.39, 0.29) is 11.2 Å². The molecule has 0 unspecified atom stereocenters. The number of halogens is 1. The first-order chi connectivity index (χ1) is 9.66. The molecule has 2 rings (SSSR count). The molecule has 1 aromatic heterocycles. The van der Waals surface area contributed by atoms with Crippen molar-refractivity contribution in [3.8, 4) is 0 Å². The van der Waals surface area contributed by atoms with Gasteiger partial charge in [-0.2, -0.15) is 0 Å². The van der Waals surface area contributed by atoms with Gasteiger partial charge >= 0.3 is 7.12 Å². The lowest BCUT2D eigenvalue weighted by Crippen LogP contribution is -2.41. The van der Waals surface area contributed by atoms with Crippen LogP contribution in [0.25, 0.3) is 6.08 Å². The Balaban J connectivity index is 2.31. The second kappa shape index (κ2) is 5.73. The van der Waals surface area contributed by atoms with Crippen molar-refractivity contribution in [1.82, 2.24) is 4.98 Å². The SMILES string of the molecule is Cc1cc(Cl)ncc1C=C(CN)B1OC(C)(C)C(C)(C)O1. The molecular formula is C15H22BClN2O2. The summed E-state index contributed by atoms with van der Waals surface area (Å²) < 4.78 is 12.1. The van der Waals surface area contributed by atoms with Crippen LogP contribution in [0.1, 0.15) is 38.8 Å². The van der Waals surface area contributed by atoms with Gasteiger partial charge in [-0.15, -0.1) is 0 Å². The lowest BCUT2D eigenvalue weighted by Gasteiger charge is -2.32. The van der Waals surface area contributed by atoms with Crippen molar-refractivity contribution < 1.29 is 9.31 Å². The number of hydrogen-bond donors (Lipinski definition) is 1. The Labute approximate surface area is 131 Å². The summed E-state index contributed by atoms with van der Waals surface area (Å²) in [7, 11) is -0.435. The summed E-state index contributed by atoms with van der Waals surface area (Å²) in [5.74, 6) is 0. The van der Waals surface area contributed by atoms with Crippen LogP contribution in [0.3, 0.4) is 0 Å². The lowest BCUT2D eigenvalue weighted by molar-refractivity contribution is 0.00578. The molecule has 1 aliphatic heterocycles. The first-order valence-electron chi connectivity index (χ1n) is 7.04. The van der Waals surface area contributed by atoms with Crippen molar-refractivity contribution in [3.63, 3.8) is 0 Å². The highest BCUT2D eigenvalue weighted by Gasteiger charge is 2.52.